The van der Waals surface area contributed by atoms with Crippen molar-refractivity contribution in [2.45, 2.75) is 6.54 Å². The molecule has 0 spiro atoms. The summed E-state index contributed by atoms with van der Waals surface area (Å²) in [6, 6.07) is 17.4. The summed E-state index contributed by atoms with van der Waals surface area (Å²) in [6.45, 7) is 0.474. The number of nitrogens with zero attached hydrogens (tertiary/aromatic N) is 3. The molecule has 3 rings (SSSR count). The number of halogens is 1. The van der Waals surface area contributed by atoms with Crippen molar-refractivity contribution in [3.05, 3.63) is 76.5 Å². The molecule has 5 nitrogen and oxygen atoms in total. The summed E-state index contributed by atoms with van der Waals surface area (Å²) in [4.78, 5) is 14.5. The van der Waals surface area contributed by atoms with Gasteiger partial charge in [0.25, 0.3) is 5.91 Å². The van der Waals surface area contributed by atoms with E-state index in [0.717, 1.165) is 15.7 Å². The molecule has 0 N–H and O–H groups in total. The van der Waals surface area contributed by atoms with Crippen molar-refractivity contribution >= 4 is 21.8 Å². The molecule has 0 saturated carbocycles. The van der Waals surface area contributed by atoms with E-state index in [9.17, 15) is 4.79 Å². The minimum absolute atomic E-state index is 0.192. The van der Waals surface area contributed by atoms with Gasteiger partial charge in [0, 0.05) is 18.1 Å². The highest BCUT2D eigenvalue weighted by Gasteiger charge is 2.22. The van der Waals surface area contributed by atoms with Gasteiger partial charge in [-0.15, -0.1) is 0 Å². The lowest BCUT2D eigenvalue weighted by molar-refractivity contribution is 0.0775. The number of para-hydroxylation sites is 1. The van der Waals surface area contributed by atoms with Gasteiger partial charge < -0.3 is 9.64 Å². The first-order valence-electron chi connectivity index (χ1n) is 7.78. The van der Waals surface area contributed by atoms with Crippen molar-refractivity contribution in [1.29, 1.82) is 0 Å². The fourth-order valence-corrected chi connectivity index (χ4v) is 2.91. The first-order valence-corrected chi connectivity index (χ1v) is 8.57. The molecule has 0 bridgehead atoms. The predicted octanol–water partition coefficient (Wildman–Crippen LogP) is 3.92. The molecule has 0 aliphatic rings. The Morgan fingerprint density at radius 3 is 2.52 bits per heavy atom. The van der Waals surface area contributed by atoms with E-state index >= 15 is 0 Å². The zero-order valence-corrected chi connectivity index (χ0v) is 15.6. The lowest BCUT2D eigenvalue weighted by atomic mass is 10.2. The maximum atomic E-state index is 12.8. The van der Waals surface area contributed by atoms with Crippen LogP contribution in [-0.4, -0.2) is 34.7 Å². The van der Waals surface area contributed by atoms with E-state index in [-0.39, 0.29) is 5.91 Å². The maximum absolute atomic E-state index is 12.8. The van der Waals surface area contributed by atoms with Gasteiger partial charge in [-0.3, -0.25) is 4.79 Å². The molecular weight excluding hydrogens is 382 g/mol. The van der Waals surface area contributed by atoms with Crippen LogP contribution in [0, 0.1) is 0 Å². The predicted molar refractivity (Wildman–Crippen MR) is 100 cm³/mol. The van der Waals surface area contributed by atoms with E-state index in [4.69, 9.17) is 4.74 Å². The summed E-state index contributed by atoms with van der Waals surface area (Å²) in [6.07, 6.45) is 1.72. The molecule has 0 unspecified atom stereocenters. The zero-order valence-electron chi connectivity index (χ0n) is 14.0. The topological polar surface area (TPSA) is 47.4 Å². The Morgan fingerprint density at radius 2 is 1.84 bits per heavy atom. The smallest absolute Gasteiger partial charge is 0.278 e. The SMILES string of the molecule is COc1cn(-c2ccccc2)nc1C(=O)N(C)Cc1ccccc1Br. The van der Waals surface area contributed by atoms with Gasteiger partial charge in [-0.05, 0) is 23.8 Å². The second-order valence-corrected chi connectivity index (χ2v) is 6.43. The van der Waals surface area contributed by atoms with E-state index in [1.54, 1.807) is 22.8 Å². The summed E-state index contributed by atoms with van der Waals surface area (Å²) in [5.41, 5.74) is 2.19. The van der Waals surface area contributed by atoms with Gasteiger partial charge in [0.2, 0.25) is 0 Å². The van der Waals surface area contributed by atoms with Crippen LogP contribution >= 0.6 is 15.9 Å². The fraction of sp³-hybridized carbons (Fsp3) is 0.158. The molecule has 6 heteroatoms. The highest BCUT2D eigenvalue weighted by atomic mass is 79.9. The van der Waals surface area contributed by atoms with Gasteiger partial charge in [-0.2, -0.15) is 5.10 Å². The Bertz CT molecular complexity index is 877. The van der Waals surface area contributed by atoms with Crippen molar-refractivity contribution in [2.75, 3.05) is 14.2 Å². The average molecular weight is 400 g/mol. The standard InChI is InChI=1S/C19H18BrN3O2/c1-22(12-14-8-6-7-11-16(14)20)19(24)18-17(25-2)13-23(21-18)15-9-4-3-5-10-15/h3-11,13H,12H2,1-2H3. The van der Waals surface area contributed by atoms with E-state index < -0.39 is 0 Å². The van der Waals surface area contributed by atoms with Crippen LogP contribution in [0.4, 0.5) is 0 Å². The lowest BCUT2D eigenvalue weighted by Crippen LogP contribution is -2.27. The molecule has 0 saturated heterocycles. The number of methoxy groups -OCH3 is 1. The molecule has 2 aromatic carbocycles. The van der Waals surface area contributed by atoms with Crippen molar-refractivity contribution in [2.24, 2.45) is 0 Å². The van der Waals surface area contributed by atoms with Crippen molar-refractivity contribution in [1.82, 2.24) is 14.7 Å². The number of rotatable bonds is 5. The first-order chi connectivity index (χ1) is 12.1. The third-order valence-corrected chi connectivity index (χ3v) is 4.61. The molecule has 0 aliphatic heterocycles. The Balaban J connectivity index is 1.86. The Hall–Kier alpha value is -2.60. The van der Waals surface area contributed by atoms with E-state index in [1.165, 1.54) is 7.11 Å². The van der Waals surface area contributed by atoms with Crippen LogP contribution in [0.3, 0.4) is 0 Å². The number of benzene rings is 2. The summed E-state index contributed by atoms with van der Waals surface area (Å²) in [7, 11) is 3.29. The molecule has 3 aromatic rings. The molecule has 1 aromatic heterocycles. The summed E-state index contributed by atoms with van der Waals surface area (Å²) < 4.78 is 7.97. The van der Waals surface area contributed by atoms with Crippen molar-refractivity contribution < 1.29 is 9.53 Å². The first kappa shape index (κ1) is 17.2. The Kier molecular flexibility index (Phi) is 5.19. The Morgan fingerprint density at radius 1 is 1.16 bits per heavy atom. The number of hydrogen-bond acceptors (Lipinski definition) is 3. The molecule has 0 atom stereocenters. The highest BCUT2D eigenvalue weighted by Crippen LogP contribution is 2.23. The number of aromatic nitrogens is 2. The number of amides is 1. The van der Waals surface area contributed by atoms with Crippen LogP contribution in [0.2, 0.25) is 0 Å². The quantitative estimate of drug-likeness (QED) is 0.653. The highest BCUT2D eigenvalue weighted by molar-refractivity contribution is 9.10. The molecule has 1 amide bonds. The van der Waals surface area contributed by atoms with Crippen LogP contribution in [0.15, 0.2) is 65.3 Å². The number of ether oxygens (including phenoxy) is 1. The fourth-order valence-electron chi connectivity index (χ4n) is 2.50. The molecule has 25 heavy (non-hydrogen) atoms. The van der Waals surface area contributed by atoms with Gasteiger partial charge in [-0.25, -0.2) is 4.68 Å². The average Bonchev–Trinajstić information content (AvgIpc) is 3.08. The number of carbonyl (C=O) groups is 1. The molecular formula is C19H18BrN3O2. The Labute approximate surface area is 155 Å². The zero-order chi connectivity index (χ0) is 17.8. The van der Waals surface area contributed by atoms with Gasteiger partial charge in [-0.1, -0.05) is 52.3 Å². The summed E-state index contributed by atoms with van der Waals surface area (Å²) >= 11 is 3.51. The largest absolute Gasteiger partial charge is 0.493 e. The second-order valence-electron chi connectivity index (χ2n) is 5.58. The molecule has 0 fully saturated rings. The third kappa shape index (κ3) is 3.74. The van der Waals surface area contributed by atoms with Gasteiger partial charge in [0.1, 0.15) is 0 Å². The maximum Gasteiger partial charge on any atom is 0.278 e. The molecule has 128 valence electrons. The van der Waals surface area contributed by atoms with E-state index in [0.29, 0.717) is 18.0 Å². The van der Waals surface area contributed by atoms with Gasteiger partial charge in [0.05, 0.1) is 19.0 Å². The van der Waals surface area contributed by atoms with Crippen LogP contribution in [0.1, 0.15) is 16.1 Å². The van der Waals surface area contributed by atoms with Crippen molar-refractivity contribution in [3.63, 3.8) is 0 Å². The van der Waals surface area contributed by atoms with E-state index in [1.807, 2.05) is 54.6 Å². The summed E-state index contributed by atoms with van der Waals surface area (Å²) in [5.74, 6) is 0.259. The molecule has 0 radical (unpaired) electrons. The monoisotopic (exact) mass is 399 g/mol. The van der Waals surface area contributed by atoms with Crippen LogP contribution < -0.4 is 4.74 Å². The molecule has 0 aliphatic carbocycles. The normalized spacial score (nSPS) is 10.5. The van der Waals surface area contributed by atoms with Gasteiger partial charge >= 0.3 is 0 Å². The minimum Gasteiger partial charge on any atom is -0.493 e. The third-order valence-electron chi connectivity index (χ3n) is 3.84. The second kappa shape index (κ2) is 7.53. The minimum atomic E-state index is -0.192. The van der Waals surface area contributed by atoms with E-state index in [2.05, 4.69) is 21.0 Å². The number of carbonyl (C=O) groups excluding carboxylic acids is 1. The summed E-state index contributed by atoms with van der Waals surface area (Å²) in [5, 5.41) is 4.43. The van der Waals surface area contributed by atoms with Crippen molar-refractivity contribution in [3.8, 4) is 11.4 Å². The molecule has 1 heterocycles. The van der Waals surface area contributed by atoms with Crippen LogP contribution in [0.5, 0.6) is 5.75 Å². The number of hydrogen-bond donors (Lipinski definition) is 0. The van der Waals surface area contributed by atoms with Gasteiger partial charge in [0.15, 0.2) is 11.4 Å². The van der Waals surface area contributed by atoms with Crippen LogP contribution in [-0.2, 0) is 6.54 Å². The van der Waals surface area contributed by atoms with Crippen LogP contribution in [0.25, 0.3) is 5.69 Å². The lowest BCUT2D eigenvalue weighted by Gasteiger charge is -2.17.